The molecule has 6 heteroatoms. The highest BCUT2D eigenvalue weighted by Gasteiger charge is 2.42. The summed E-state index contributed by atoms with van der Waals surface area (Å²) in [7, 11) is 4.73. The van der Waals surface area contributed by atoms with Gasteiger partial charge in [-0.2, -0.15) is 0 Å². The lowest BCUT2D eigenvalue weighted by molar-refractivity contribution is -0.138. The second-order valence-corrected chi connectivity index (χ2v) is 6.35. The topological polar surface area (TPSA) is 65.1 Å². The molecule has 2 heterocycles. The molecule has 0 spiro atoms. The summed E-state index contributed by atoms with van der Waals surface area (Å²) < 4.78 is 16.0. The van der Waals surface area contributed by atoms with Gasteiger partial charge in [0, 0.05) is 12.1 Å². The van der Waals surface area contributed by atoms with Crippen LogP contribution in [0.2, 0.25) is 0 Å². The summed E-state index contributed by atoms with van der Waals surface area (Å²) in [4.78, 5) is 26.9. The molecule has 0 aliphatic carbocycles. The lowest BCUT2D eigenvalue weighted by Gasteiger charge is -2.28. The number of nitrogens with zero attached hydrogens (tertiary/aromatic N) is 1. The van der Waals surface area contributed by atoms with E-state index < -0.39 is 11.7 Å². The number of carbonyl (C=O) groups excluding carboxylic acids is 2. The molecule has 0 radical (unpaired) electrons. The molecule has 2 aliphatic heterocycles. The van der Waals surface area contributed by atoms with Crippen molar-refractivity contribution < 1.29 is 23.8 Å². The Morgan fingerprint density at radius 2 is 1.56 bits per heavy atom. The van der Waals surface area contributed by atoms with Gasteiger partial charge >= 0.3 is 0 Å². The zero-order valence-electron chi connectivity index (χ0n) is 15.4. The van der Waals surface area contributed by atoms with Gasteiger partial charge in [-0.15, -0.1) is 0 Å². The Balaban J connectivity index is 1.95. The number of ketones is 1. The van der Waals surface area contributed by atoms with Crippen molar-refractivity contribution >= 4 is 23.0 Å². The van der Waals surface area contributed by atoms with Crippen molar-refractivity contribution in [3.63, 3.8) is 0 Å². The van der Waals surface area contributed by atoms with E-state index in [9.17, 15) is 9.59 Å². The van der Waals surface area contributed by atoms with Crippen molar-refractivity contribution in [2.75, 3.05) is 27.9 Å². The van der Waals surface area contributed by atoms with Gasteiger partial charge in [-0.3, -0.25) is 9.59 Å². The van der Waals surface area contributed by atoms with Crippen LogP contribution in [0.5, 0.6) is 17.2 Å². The minimum Gasteiger partial charge on any atom is -0.497 e. The molecule has 0 unspecified atom stereocenters. The Morgan fingerprint density at radius 1 is 0.889 bits per heavy atom. The highest BCUT2D eigenvalue weighted by Crippen LogP contribution is 2.44. The molecule has 0 aromatic heterocycles. The van der Waals surface area contributed by atoms with Crippen LogP contribution in [0.15, 0.2) is 36.4 Å². The fourth-order valence-electron chi connectivity index (χ4n) is 3.67. The molecule has 0 saturated carbocycles. The van der Waals surface area contributed by atoms with E-state index in [2.05, 4.69) is 0 Å². The molecular weight excluding hydrogens is 346 g/mol. The molecule has 27 heavy (non-hydrogen) atoms. The van der Waals surface area contributed by atoms with Crippen LogP contribution in [0.3, 0.4) is 0 Å². The van der Waals surface area contributed by atoms with E-state index in [-0.39, 0.29) is 0 Å². The quantitative estimate of drug-likeness (QED) is 0.779. The van der Waals surface area contributed by atoms with Crippen LogP contribution in [0.1, 0.15) is 16.7 Å². The van der Waals surface area contributed by atoms with Gasteiger partial charge in [-0.25, -0.2) is 0 Å². The molecule has 2 aromatic carbocycles. The Bertz CT molecular complexity index is 975. The maximum absolute atomic E-state index is 12.8. The minimum atomic E-state index is -0.490. The average Bonchev–Trinajstić information content (AvgIpc) is 2.97. The summed E-state index contributed by atoms with van der Waals surface area (Å²) in [5.41, 5.74) is 3.58. The lowest BCUT2D eigenvalue weighted by Crippen LogP contribution is -2.33. The van der Waals surface area contributed by atoms with Crippen LogP contribution in [0, 0.1) is 0 Å². The summed E-state index contributed by atoms with van der Waals surface area (Å²) in [6, 6.07) is 10.9. The van der Waals surface area contributed by atoms with E-state index >= 15 is 0 Å². The monoisotopic (exact) mass is 365 g/mol. The van der Waals surface area contributed by atoms with Gasteiger partial charge in [-0.05, 0) is 41.8 Å². The van der Waals surface area contributed by atoms with E-state index in [1.165, 1.54) is 0 Å². The van der Waals surface area contributed by atoms with Gasteiger partial charge in [0.2, 0.25) is 0 Å². The molecule has 0 atom stereocenters. The molecular formula is C21H19NO5. The third-order valence-electron chi connectivity index (χ3n) is 5.02. The van der Waals surface area contributed by atoms with Gasteiger partial charge < -0.3 is 19.1 Å². The van der Waals surface area contributed by atoms with Crippen LogP contribution < -0.4 is 14.2 Å². The smallest absolute Gasteiger partial charge is 0.299 e. The van der Waals surface area contributed by atoms with E-state index in [0.29, 0.717) is 47.0 Å². The predicted molar refractivity (Wildman–Crippen MR) is 99.8 cm³/mol. The average molecular weight is 365 g/mol. The summed E-state index contributed by atoms with van der Waals surface area (Å²) in [5.74, 6) is 0.904. The van der Waals surface area contributed by atoms with E-state index in [1.54, 1.807) is 50.5 Å². The zero-order valence-corrected chi connectivity index (χ0v) is 15.4. The largest absolute Gasteiger partial charge is 0.497 e. The number of Topliss-reactive ketones (excluding diaryl/α,β-unsaturated/α-hetero) is 1. The van der Waals surface area contributed by atoms with Crippen molar-refractivity contribution in [3.8, 4) is 17.2 Å². The first-order valence-corrected chi connectivity index (χ1v) is 8.59. The molecule has 0 fully saturated rings. The van der Waals surface area contributed by atoms with Crippen molar-refractivity contribution in [1.29, 1.82) is 0 Å². The number of hydrogen-bond acceptors (Lipinski definition) is 5. The predicted octanol–water partition coefficient (Wildman–Crippen LogP) is 2.55. The van der Waals surface area contributed by atoms with Crippen LogP contribution >= 0.6 is 0 Å². The SMILES string of the molecule is COc1ccc(C2=C3c4cc(OC)c(OC)cc4CCN3C(=O)C2=O)cc1. The minimum absolute atomic E-state index is 0.413. The molecule has 0 N–H and O–H groups in total. The van der Waals surface area contributed by atoms with E-state index in [4.69, 9.17) is 14.2 Å². The first kappa shape index (κ1) is 17.1. The second-order valence-electron chi connectivity index (χ2n) is 6.35. The summed E-state index contributed by atoms with van der Waals surface area (Å²) in [6.45, 7) is 0.460. The number of methoxy groups -OCH3 is 3. The third kappa shape index (κ3) is 2.56. The zero-order chi connectivity index (χ0) is 19.1. The highest BCUT2D eigenvalue weighted by molar-refractivity contribution is 6.60. The molecule has 2 aliphatic rings. The maximum Gasteiger partial charge on any atom is 0.299 e. The Hall–Kier alpha value is -3.28. The molecule has 2 aromatic rings. The number of carbonyl (C=O) groups is 2. The van der Waals surface area contributed by atoms with Crippen LogP contribution in [0.4, 0.5) is 0 Å². The fourth-order valence-corrected chi connectivity index (χ4v) is 3.67. The third-order valence-corrected chi connectivity index (χ3v) is 5.02. The standard InChI is InChI=1S/C21H19NO5/c1-25-14-6-4-12(5-7-14)18-19-15-11-17(27-3)16(26-2)10-13(15)8-9-22(19)21(24)20(18)23/h4-7,10-11H,8-9H2,1-3H3. The van der Waals surface area contributed by atoms with Crippen molar-refractivity contribution in [1.82, 2.24) is 4.90 Å². The van der Waals surface area contributed by atoms with E-state index in [0.717, 1.165) is 11.1 Å². The molecule has 0 bridgehead atoms. The summed E-state index contributed by atoms with van der Waals surface area (Å²) in [6.07, 6.45) is 0.647. The second kappa shape index (κ2) is 6.46. The first-order chi connectivity index (χ1) is 13.1. The number of amides is 1. The summed E-state index contributed by atoms with van der Waals surface area (Å²) >= 11 is 0. The molecule has 138 valence electrons. The lowest BCUT2D eigenvalue weighted by atomic mass is 9.92. The van der Waals surface area contributed by atoms with Crippen LogP contribution in [-0.4, -0.2) is 44.5 Å². The van der Waals surface area contributed by atoms with Gasteiger partial charge in [0.05, 0.1) is 32.6 Å². The maximum atomic E-state index is 12.8. The first-order valence-electron chi connectivity index (χ1n) is 8.59. The number of fused-ring (bicyclic) bond motifs is 3. The van der Waals surface area contributed by atoms with Crippen LogP contribution in [-0.2, 0) is 16.0 Å². The number of rotatable bonds is 4. The molecule has 4 rings (SSSR count). The Labute approximate surface area is 156 Å². The number of hydrogen-bond donors (Lipinski definition) is 0. The number of ether oxygens (including phenoxy) is 3. The molecule has 6 nitrogen and oxygen atoms in total. The Kier molecular flexibility index (Phi) is 4.11. The van der Waals surface area contributed by atoms with Gasteiger partial charge in [0.25, 0.3) is 11.7 Å². The van der Waals surface area contributed by atoms with Crippen LogP contribution in [0.25, 0.3) is 11.3 Å². The summed E-state index contributed by atoms with van der Waals surface area (Å²) in [5, 5.41) is 0. The normalized spacial score (nSPS) is 15.6. The fraction of sp³-hybridized carbons (Fsp3) is 0.238. The van der Waals surface area contributed by atoms with Gasteiger partial charge in [0.15, 0.2) is 11.5 Å². The highest BCUT2D eigenvalue weighted by atomic mass is 16.5. The molecule has 1 amide bonds. The van der Waals surface area contributed by atoms with Crippen molar-refractivity contribution in [2.24, 2.45) is 0 Å². The number of benzene rings is 2. The van der Waals surface area contributed by atoms with E-state index in [1.807, 2.05) is 12.1 Å². The molecule has 0 saturated heterocycles. The van der Waals surface area contributed by atoms with Crippen molar-refractivity contribution in [3.05, 3.63) is 53.1 Å². The van der Waals surface area contributed by atoms with Gasteiger partial charge in [-0.1, -0.05) is 12.1 Å². The Morgan fingerprint density at radius 3 is 2.19 bits per heavy atom. The van der Waals surface area contributed by atoms with Crippen molar-refractivity contribution in [2.45, 2.75) is 6.42 Å². The van der Waals surface area contributed by atoms with Gasteiger partial charge in [0.1, 0.15) is 5.75 Å².